The van der Waals surface area contributed by atoms with Crippen LogP contribution in [0.25, 0.3) is 0 Å². The predicted octanol–water partition coefficient (Wildman–Crippen LogP) is 1.79. The number of carboxylic acids is 1. The summed E-state index contributed by atoms with van der Waals surface area (Å²) in [5.41, 5.74) is -0.258. The molecule has 2 rings (SSSR count). The number of nitrogens with zero attached hydrogens (tertiary/aromatic N) is 2. The van der Waals surface area contributed by atoms with Crippen LogP contribution >= 0.6 is 0 Å². The SMILES string of the molecule is Cc1nnc(COc2c(F)cccc2C(=O)O)o1. The van der Waals surface area contributed by atoms with Crippen LogP contribution < -0.4 is 4.74 Å². The summed E-state index contributed by atoms with van der Waals surface area (Å²) in [7, 11) is 0. The normalized spacial score (nSPS) is 10.3. The van der Waals surface area contributed by atoms with Gasteiger partial charge in [0.1, 0.15) is 5.56 Å². The number of aromatic carboxylic acids is 1. The van der Waals surface area contributed by atoms with E-state index in [4.69, 9.17) is 14.3 Å². The van der Waals surface area contributed by atoms with Gasteiger partial charge in [-0.2, -0.15) is 0 Å². The Morgan fingerprint density at radius 2 is 2.28 bits per heavy atom. The Hall–Kier alpha value is -2.44. The van der Waals surface area contributed by atoms with E-state index in [9.17, 15) is 9.18 Å². The van der Waals surface area contributed by atoms with Crippen LogP contribution in [0.3, 0.4) is 0 Å². The maximum absolute atomic E-state index is 13.5. The van der Waals surface area contributed by atoms with Crippen molar-refractivity contribution in [3.63, 3.8) is 0 Å². The number of aromatic nitrogens is 2. The molecule has 7 heteroatoms. The van der Waals surface area contributed by atoms with Crippen LogP contribution in [-0.4, -0.2) is 21.3 Å². The van der Waals surface area contributed by atoms with Crippen molar-refractivity contribution in [1.29, 1.82) is 0 Å². The highest BCUT2D eigenvalue weighted by Crippen LogP contribution is 2.23. The second-order valence-corrected chi connectivity index (χ2v) is 3.43. The van der Waals surface area contributed by atoms with Crippen LogP contribution in [0, 0.1) is 12.7 Å². The summed E-state index contributed by atoms with van der Waals surface area (Å²) >= 11 is 0. The van der Waals surface area contributed by atoms with Gasteiger partial charge in [-0.25, -0.2) is 9.18 Å². The topological polar surface area (TPSA) is 85.5 Å². The lowest BCUT2D eigenvalue weighted by atomic mass is 10.2. The van der Waals surface area contributed by atoms with Gasteiger partial charge in [-0.15, -0.1) is 10.2 Å². The first-order valence-corrected chi connectivity index (χ1v) is 5.01. The number of para-hydroxylation sites is 1. The standard InChI is InChI=1S/C11H9FN2O4/c1-6-13-14-9(18-6)5-17-10-7(11(15)16)3-2-4-8(10)12/h2-4H,5H2,1H3,(H,15,16). The molecule has 1 N–H and O–H groups in total. The number of benzene rings is 1. The van der Waals surface area contributed by atoms with E-state index in [1.807, 2.05) is 0 Å². The molecular weight excluding hydrogens is 243 g/mol. The van der Waals surface area contributed by atoms with Crippen LogP contribution in [0.4, 0.5) is 4.39 Å². The highest BCUT2D eigenvalue weighted by atomic mass is 19.1. The van der Waals surface area contributed by atoms with Gasteiger partial charge in [-0.1, -0.05) is 6.07 Å². The minimum Gasteiger partial charge on any atom is -0.480 e. The van der Waals surface area contributed by atoms with Gasteiger partial charge >= 0.3 is 5.97 Å². The molecule has 0 aliphatic heterocycles. The molecule has 0 fully saturated rings. The van der Waals surface area contributed by atoms with Gasteiger partial charge in [0.05, 0.1) is 0 Å². The third-order valence-corrected chi connectivity index (χ3v) is 2.11. The van der Waals surface area contributed by atoms with Gasteiger partial charge in [-0.3, -0.25) is 0 Å². The van der Waals surface area contributed by atoms with Crippen molar-refractivity contribution in [1.82, 2.24) is 10.2 Å². The smallest absolute Gasteiger partial charge is 0.339 e. The molecule has 0 atom stereocenters. The first kappa shape index (κ1) is 12.0. The average molecular weight is 252 g/mol. The molecule has 6 nitrogen and oxygen atoms in total. The Bertz CT molecular complexity index is 582. The molecule has 0 saturated heterocycles. The second-order valence-electron chi connectivity index (χ2n) is 3.43. The molecule has 0 bridgehead atoms. The van der Waals surface area contributed by atoms with Crippen molar-refractivity contribution in [3.8, 4) is 5.75 Å². The molecule has 18 heavy (non-hydrogen) atoms. The maximum atomic E-state index is 13.5. The fourth-order valence-electron chi connectivity index (χ4n) is 1.35. The van der Waals surface area contributed by atoms with Crippen molar-refractivity contribution < 1.29 is 23.4 Å². The Balaban J connectivity index is 2.20. The lowest BCUT2D eigenvalue weighted by molar-refractivity contribution is 0.0689. The molecule has 0 amide bonds. The zero-order chi connectivity index (χ0) is 13.1. The number of carbonyl (C=O) groups is 1. The summed E-state index contributed by atoms with van der Waals surface area (Å²) in [6.07, 6.45) is 0. The van der Waals surface area contributed by atoms with Gasteiger partial charge in [0.25, 0.3) is 5.89 Å². The highest BCUT2D eigenvalue weighted by Gasteiger charge is 2.16. The minimum atomic E-state index is -1.27. The third-order valence-electron chi connectivity index (χ3n) is 2.11. The first-order valence-electron chi connectivity index (χ1n) is 5.01. The minimum absolute atomic E-state index is 0.145. The van der Waals surface area contributed by atoms with E-state index < -0.39 is 11.8 Å². The van der Waals surface area contributed by atoms with E-state index in [1.54, 1.807) is 6.92 Å². The van der Waals surface area contributed by atoms with E-state index in [-0.39, 0.29) is 23.8 Å². The molecule has 0 aliphatic rings. The van der Waals surface area contributed by atoms with Gasteiger partial charge in [-0.05, 0) is 12.1 Å². The fourth-order valence-corrected chi connectivity index (χ4v) is 1.35. The molecule has 0 aliphatic carbocycles. The van der Waals surface area contributed by atoms with E-state index >= 15 is 0 Å². The van der Waals surface area contributed by atoms with E-state index in [0.717, 1.165) is 6.07 Å². The number of hydrogen-bond acceptors (Lipinski definition) is 5. The quantitative estimate of drug-likeness (QED) is 0.892. The maximum Gasteiger partial charge on any atom is 0.339 e. The fraction of sp³-hybridized carbons (Fsp3) is 0.182. The zero-order valence-corrected chi connectivity index (χ0v) is 9.38. The Kier molecular flexibility index (Phi) is 3.22. The summed E-state index contributed by atoms with van der Waals surface area (Å²) in [5.74, 6) is -1.88. The molecule has 94 valence electrons. The molecule has 1 aromatic carbocycles. The largest absolute Gasteiger partial charge is 0.480 e. The van der Waals surface area contributed by atoms with Gasteiger partial charge in [0, 0.05) is 6.92 Å². The number of carboxylic acid groups (broad SMARTS) is 1. The number of hydrogen-bond donors (Lipinski definition) is 1. The summed E-state index contributed by atoms with van der Waals surface area (Å²) in [6.45, 7) is 1.41. The van der Waals surface area contributed by atoms with Crippen molar-refractivity contribution in [2.24, 2.45) is 0 Å². The predicted molar refractivity (Wildman–Crippen MR) is 56.7 cm³/mol. The number of rotatable bonds is 4. The molecule has 0 radical (unpaired) electrons. The van der Waals surface area contributed by atoms with Crippen LogP contribution in [0.15, 0.2) is 22.6 Å². The van der Waals surface area contributed by atoms with Crippen LogP contribution in [-0.2, 0) is 6.61 Å². The van der Waals surface area contributed by atoms with Gasteiger partial charge in [0.15, 0.2) is 18.2 Å². The molecule has 1 heterocycles. The average Bonchev–Trinajstić information content (AvgIpc) is 2.73. The third kappa shape index (κ3) is 2.45. The van der Waals surface area contributed by atoms with Crippen LogP contribution in [0.1, 0.15) is 22.1 Å². The van der Waals surface area contributed by atoms with E-state index in [1.165, 1.54) is 12.1 Å². The van der Waals surface area contributed by atoms with E-state index in [2.05, 4.69) is 10.2 Å². The molecule has 2 aromatic rings. The molecule has 0 spiro atoms. The second kappa shape index (κ2) is 4.82. The lowest BCUT2D eigenvalue weighted by Gasteiger charge is -2.07. The lowest BCUT2D eigenvalue weighted by Crippen LogP contribution is -2.05. The summed E-state index contributed by atoms with van der Waals surface area (Å²) in [5, 5.41) is 16.1. The van der Waals surface area contributed by atoms with Crippen molar-refractivity contribution in [2.45, 2.75) is 13.5 Å². The molecule has 0 unspecified atom stereocenters. The highest BCUT2D eigenvalue weighted by molar-refractivity contribution is 5.90. The monoisotopic (exact) mass is 252 g/mol. The number of halogens is 1. The van der Waals surface area contributed by atoms with Crippen molar-refractivity contribution >= 4 is 5.97 Å². The van der Waals surface area contributed by atoms with Crippen molar-refractivity contribution in [3.05, 3.63) is 41.4 Å². The zero-order valence-electron chi connectivity index (χ0n) is 9.38. The molecular formula is C11H9FN2O4. The van der Waals surface area contributed by atoms with Crippen LogP contribution in [0.2, 0.25) is 0 Å². The Morgan fingerprint density at radius 3 is 2.89 bits per heavy atom. The number of aryl methyl sites for hydroxylation is 1. The van der Waals surface area contributed by atoms with E-state index in [0.29, 0.717) is 5.89 Å². The Labute approximate surface area is 101 Å². The number of ether oxygens (including phenoxy) is 1. The first-order chi connectivity index (χ1) is 8.58. The summed E-state index contributed by atoms with van der Waals surface area (Å²) < 4.78 is 23.6. The molecule has 0 saturated carbocycles. The Morgan fingerprint density at radius 1 is 1.50 bits per heavy atom. The van der Waals surface area contributed by atoms with Crippen molar-refractivity contribution in [2.75, 3.05) is 0 Å². The van der Waals surface area contributed by atoms with Gasteiger partial charge < -0.3 is 14.3 Å². The summed E-state index contributed by atoms with van der Waals surface area (Å²) in [4.78, 5) is 10.9. The summed E-state index contributed by atoms with van der Waals surface area (Å²) in [6, 6.07) is 3.66. The van der Waals surface area contributed by atoms with Crippen LogP contribution in [0.5, 0.6) is 5.75 Å². The van der Waals surface area contributed by atoms with Gasteiger partial charge in [0.2, 0.25) is 5.89 Å². The molecule has 1 aromatic heterocycles.